The molecule has 0 radical (unpaired) electrons. The molecule has 2 aliphatic rings. The summed E-state index contributed by atoms with van der Waals surface area (Å²) in [5.74, 6) is 0.137. The molecule has 6 nitrogen and oxygen atoms in total. The quantitative estimate of drug-likeness (QED) is 0.640. The van der Waals surface area contributed by atoms with E-state index in [-0.39, 0.29) is 29.8 Å². The Morgan fingerprint density at radius 1 is 1.03 bits per heavy atom. The Morgan fingerprint density at radius 2 is 1.79 bits per heavy atom. The number of likely N-dealkylation sites (N-methyl/N-ethyl adjacent to an activating group) is 1. The number of nitrogens with one attached hydrogen (secondary N) is 2. The number of hydrogen-bond donors (Lipinski definition) is 2. The van der Waals surface area contributed by atoms with E-state index in [2.05, 4.69) is 52.9 Å². The maximum atomic E-state index is 13.9. The van der Waals surface area contributed by atoms with Crippen LogP contribution in [0.15, 0.2) is 42.6 Å². The van der Waals surface area contributed by atoms with Crippen LogP contribution in [0.5, 0.6) is 0 Å². The van der Waals surface area contributed by atoms with Crippen LogP contribution in [-0.4, -0.2) is 47.4 Å². The summed E-state index contributed by atoms with van der Waals surface area (Å²) in [6, 6.07) is 11.8. The molecule has 34 heavy (non-hydrogen) atoms. The van der Waals surface area contributed by atoms with E-state index < -0.39 is 6.04 Å². The number of carbonyl (C=O) groups excluding carboxylic acids is 2. The first-order chi connectivity index (χ1) is 16.5. The number of aromatic nitrogens is 1. The zero-order valence-corrected chi connectivity index (χ0v) is 20.7. The van der Waals surface area contributed by atoms with Gasteiger partial charge >= 0.3 is 0 Å². The minimum Gasteiger partial charge on any atom is -0.343 e. The molecule has 1 saturated carbocycles. The summed E-state index contributed by atoms with van der Waals surface area (Å²) < 4.78 is 0. The van der Waals surface area contributed by atoms with Crippen molar-refractivity contribution in [3.63, 3.8) is 0 Å². The monoisotopic (exact) mass is 462 g/mol. The van der Waals surface area contributed by atoms with Gasteiger partial charge in [-0.25, -0.2) is 0 Å². The second-order valence-corrected chi connectivity index (χ2v) is 9.92. The molecule has 2 heterocycles. The Balaban J connectivity index is 1.58. The van der Waals surface area contributed by atoms with Crippen LogP contribution in [0.4, 0.5) is 0 Å². The van der Waals surface area contributed by atoms with Gasteiger partial charge in [0.2, 0.25) is 11.8 Å². The van der Waals surface area contributed by atoms with Gasteiger partial charge in [-0.1, -0.05) is 49.1 Å². The molecule has 1 aliphatic heterocycles. The lowest BCUT2D eigenvalue weighted by Gasteiger charge is -2.35. The second-order valence-electron chi connectivity index (χ2n) is 9.92. The van der Waals surface area contributed by atoms with E-state index in [0.717, 1.165) is 55.3 Å². The highest BCUT2D eigenvalue weighted by Gasteiger charge is 2.39. The minimum absolute atomic E-state index is 0.0498. The van der Waals surface area contributed by atoms with Crippen LogP contribution in [0.25, 0.3) is 11.1 Å². The molecule has 1 aliphatic carbocycles. The zero-order valence-electron chi connectivity index (χ0n) is 20.7. The highest BCUT2D eigenvalue weighted by Crippen LogP contribution is 2.35. The average molecular weight is 463 g/mol. The van der Waals surface area contributed by atoms with E-state index in [1.807, 2.05) is 24.1 Å². The summed E-state index contributed by atoms with van der Waals surface area (Å²) >= 11 is 0. The van der Waals surface area contributed by atoms with Gasteiger partial charge in [-0.05, 0) is 75.8 Å². The van der Waals surface area contributed by atoms with Crippen LogP contribution in [0.2, 0.25) is 0 Å². The molecular formula is C28H38N4O2. The minimum atomic E-state index is -0.468. The lowest BCUT2D eigenvalue weighted by atomic mass is 9.83. The molecule has 4 rings (SSSR count). The van der Waals surface area contributed by atoms with E-state index in [1.54, 1.807) is 7.05 Å². The van der Waals surface area contributed by atoms with Gasteiger partial charge in [-0.15, -0.1) is 0 Å². The van der Waals surface area contributed by atoms with Crippen molar-refractivity contribution in [3.05, 3.63) is 53.9 Å². The van der Waals surface area contributed by atoms with Crippen molar-refractivity contribution in [2.45, 2.75) is 76.9 Å². The number of hydrogen-bond acceptors (Lipinski definition) is 4. The van der Waals surface area contributed by atoms with Crippen molar-refractivity contribution in [3.8, 4) is 11.1 Å². The SMILES string of the molecule is CNC(C)C(=O)NC(C(=O)N1CCCC1c1cc(-c2cccc(C)c2)ccn1)C1CCCCC1. The van der Waals surface area contributed by atoms with Gasteiger partial charge in [0, 0.05) is 12.7 Å². The second kappa shape index (κ2) is 11.1. The average Bonchev–Trinajstić information content (AvgIpc) is 3.37. The summed E-state index contributed by atoms with van der Waals surface area (Å²) in [5.41, 5.74) is 4.43. The van der Waals surface area contributed by atoms with E-state index >= 15 is 0 Å². The number of benzene rings is 1. The van der Waals surface area contributed by atoms with Crippen LogP contribution < -0.4 is 10.6 Å². The molecule has 6 heteroatoms. The third-order valence-corrected chi connectivity index (χ3v) is 7.52. The van der Waals surface area contributed by atoms with E-state index in [9.17, 15) is 9.59 Å². The Bertz CT molecular complexity index is 1000. The molecule has 1 aromatic carbocycles. The highest BCUT2D eigenvalue weighted by atomic mass is 16.2. The predicted molar refractivity (Wildman–Crippen MR) is 135 cm³/mol. The predicted octanol–water partition coefficient (Wildman–Crippen LogP) is 4.39. The largest absolute Gasteiger partial charge is 0.343 e. The van der Waals surface area contributed by atoms with Gasteiger partial charge in [0.25, 0.3) is 0 Å². The molecule has 2 amide bonds. The maximum absolute atomic E-state index is 13.9. The van der Waals surface area contributed by atoms with Crippen molar-refractivity contribution in [1.29, 1.82) is 0 Å². The molecule has 1 aromatic heterocycles. The fourth-order valence-corrected chi connectivity index (χ4v) is 5.41. The molecule has 0 spiro atoms. The maximum Gasteiger partial charge on any atom is 0.246 e. The normalized spacial score (nSPS) is 20.7. The Labute approximate surface area is 203 Å². The summed E-state index contributed by atoms with van der Waals surface area (Å²) in [6.07, 6.45) is 9.13. The first-order valence-electron chi connectivity index (χ1n) is 12.8. The molecule has 1 saturated heterocycles. The summed E-state index contributed by atoms with van der Waals surface area (Å²) in [4.78, 5) is 33.4. The number of likely N-dealkylation sites (tertiary alicyclic amines) is 1. The smallest absolute Gasteiger partial charge is 0.246 e. The third-order valence-electron chi connectivity index (χ3n) is 7.52. The van der Waals surface area contributed by atoms with Crippen LogP contribution in [0.1, 0.15) is 69.2 Å². The van der Waals surface area contributed by atoms with Gasteiger partial charge in [0.1, 0.15) is 6.04 Å². The molecule has 182 valence electrons. The van der Waals surface area contributed by atoms with Crippen LogP contribution >= 0.6 is 0 Å². The van der Waals surface area contributed by atoms with Crippen molar-refractivity contribution in [1.82, 2.24) is 20.5 Å². The molecular weight excluding hydrogens is 424 g/mol. The Kier molecular flexibility index (Phi) is 7.99. The zero-order chi connectivity index (χ0) is 24.1. The van der Waals surface area contributed by atoms with Crippen molar-refractivity contribution < 1.29 is 9.59 Å². The molecule has 2 aromatic rings. The van der Waals surface area contributed by atoms with Gasteiger partial charge in [-0.3, -0.25) is 14.6 Å². The first-order valence-corrected chi connectivity index (χ1v) is 12.8. The summed E-state index contributed by atoms with van der Waals surface area (Å²) in [5, 5.41) is 6.11. The number of aryl methyl sites for hydroxylation is 1. The Morgan fingerprint density at radius 3 is 2.53 bits per heavy atom. The summed E-state index contributed by atoms with van der Waals surface area (Å²) in [6.45, 7) is 4.63. The standard InChI is InChI=1S/C28H38N4O2/c1-19-9-7-12-22(17-19)23-14-15-30-24(18-23)25-13-8-16-32(25)28(34)26(21-10-5-4-6-11-21)31-27(33)20(2)29-3/h7,9,12,14-15,17-18,20-21,25-26,29H,4-6,8,10-11,13,16H2,1-3H3,(H,31,33). The topological polar surface area (TPSA) is 74.3 Å². The number of nitrogens with zero attached hydrogens (tertiary/aromatic N) is 2. The molecule has 2 N–H and O–H groups in total. The van der Waals surface area contributed by atoms with Crippen LogP contribution in [-0.2, 0) is 9.59 Å². The summed E-state index contributed by atoms with van der Waals surface area (Å²) in [7, 11) is 1.77. The fraction of sp³-hybridized carbons (Fsp3) is 0.536. The van der Waals surface area contributed by atoms with Crippen molar-refractivity contribution >= 4 is 11.8 Å². The third kappa shape index (κ3) is 5.49. The van der Waals surface area contributed by atoms with E-state index in [1.165, 1.54) is 12.0 Å². The first kappa shape index (κ1) is 24.4. The van der Waals surface area contributed by atoms with Gasteiger partial charge in [0.15, 0.2) is 0 Å². The van der Waals surface area contributed by atoms with E-state index in [4.69, 9.17) is 0 Å². The lowest BCUT2D eigenvalue weighted by molar-refractivity contribution is -0.139. The molecule has 3 unspecified atom stereocenters. The molecule has 3 atom stereocenters. The number of rotatable bonds is 7. The van der Waals surface area contributed by atoms with Crippen molar-refractivity contribution in [2.75, 3.05) is 13.6 Å². The number of carbonyl (C=O) groups is 2. The Hall–Kier alpha value is -2.73. The van der Waals surface area contributed by atoms with Crippen molar-refractivity contribution in [2.24, 2.45) is 5.92 Å². The number of pyridine rings is 1. The van der Waals surface area contributed by atoms with Gasteiger partial charge in [-0.2, -0.15) is 0 Å². The van der Waals surface area contributed by atoms with Crippen LogP contribution in [0.3, 0.4) is 0 Å². The molecule has 0 bridgehead atoms. The highest BCUT2D eigenvalue weighted by molar-refractivity contribution is 5.90. The molecule has 2 fully saturated rings. The fourth-order valence-electron chi connectivity index (χ4n) is 5.41. The number of amides is 2. The lowest BCUT2D eigenvalue weighted by Crippen LogP contribution is -2.55. The van der Waals surface area contributed by atoms with Gasteiger partial charge < -0.3 is 15.5 Å². The van der Waals surface area contributed by atoms with Crippen LogP contribution in [0, 0.1) is 12.8 Å². The van der Waals surface area contributed by atoms with E-state index in [0.29, 0.717) is 6.54 Å². The van der Waals surface area contributed by atoms with Gasteiger partial charge in [0.05, 0.1) is 17.8 Å².